The van der Waals surface area contributed by atoms with Crippen molar-refractivity contribution >= 4 is 45.3 Å². The fourth-order valence-corrected chi connectivity index (χ4v) is 15.0. The Labute approximate surface area is 551 Å². The van der Waals surface area contributed by atoms with Crippen LogP contribution in [0.3, 0.4) is 0 Å². The minimum absolute atomic E-state index is 0.0706. The van der Waals surface area contributed by atoms with E-state index in [1.165, 1.54) is 33.4 Å². The van der Waals surface area contributed by atoms with E-state index in [9.17, 15) is 0 Å². The Kier molecular flexibility index (Phi) is 14.3. The number of para-hydroxylation sites is 2. The van der Waals surface area contributed by atoms with Crippen LogP contribution < -0.4 is 14.5 Å². The molecule has 0 radical (unpaired) electrons. The maximum absolute atomic E-state index is 7.35. The normalized spacial score (nSPS) is 13.4. The van der Waals surface area contributed by atoms with Gasteiger partial charge < -0.3 is 4.90 Å². The summed E-state index contributed by atoms with van der Waals surface area (Å²) < 4.78 is 13.2. The molecule has 0 saturated heterocycles. The summed E-state index contributed by atoms with van der Waals surface area (Å²) in [4.78, 5) is 10.2. The van der Waals surface area contributed by atoms with Crippen molar-refractivity contribution in [3.05, 3.63) is 322 Å². The average molecular weight is 1380 g/mol. The van der Waals surface area contributed by atoms with Crippen LogP contribution in [0.4, 0.5) is 34.3 Å². The van der Waals surface area contributed by atoms with E-state index >= 15 is 0 Å². The van der Waals surface area contributed by atoms with Crippen LogP contribution in [0.5, 0.6) is 11.5 Å². The fourth-order valence-electron chi connectivity index (χ4n) is 13.9. The number of nitrogens with zero attached hydrogens (tertiary/aromatic N) is 5. The number of anilines is 6. The zero-order chi connectivity index (χ0) is 63.3. The predicted molar refractivity (Wildman–Crippen MR) is 377 cm³/mol. The average Bonchev–Trinajstić information content (AvgIpc) is 0.808. The number of fused-ring (bicyclic) bond motifs is 9. The van der Waals surface area contributed by atoms with Crippen molar-refractivity contribution in [3.8, 4) is 56.3 Å². The van der Waals surface area contributed by atoms with Crippen LogP contribution in [0.1, 0.15) is 101 Å². The number of imidazole rings is 1. The van der Waals surface area contributed by atoms with Gasteiger partial charge in [0.1, 0.15) is 0 Å². The molecule has 92 heavy (non-hydrogen) atoms. The number of rotatable bonds is 9. The molecule has 0 amide bonds. The molecule has 13 aromatic rings. The van der Waals surface area contributed by atoms with Crippen LogP contribution >= 0.6 is 0 Å². The molecule has 1 spiro atoms. The van der Waals surface area contributed by atoms with Gasteiger partial charge in [-0.2, -0.15) is 0 Å². The van der Waals surface area contributed by atoms with Gasteiger partial charge in [0.15, 0.2) is 0 Å². The summed E-state index contributed by atoms with van der Waals surface area (Å²) in [5.74, 6) is 2.25. The molecule has 0 atom stereocenters. The third-order valence-electron chi connectivity index (χ3n) is 18.6. The van der Waals surface area contributed by atoms with Gasteiger partial charge in [0, 0.05) is 11.9 Å². The molecule has 11 aromatic carbocycles. The van der Waals surface area contributed by atoms with Crippen molar-refractivity contribution in [3.63, 3.8) is 0 Å². The van der Waals surface area contributed by atoms with Crippen molar-refractivity contribution in [2.24, 2.45) is 0 Å². The Hall–Kier alpha value is -9.87. The molecule has 2 aliphatic rings. The Morgan fingerprint density at radius 3 is 1.40 bits per heavy atom. The summed E-state index contributed by atoms with van der Waals surface area (Å²) in [5.41, 5.74) is 23.8. The molecule has 6 nitrogen and oxygen atoms in total. The molecule has 0 fully saturated rings. The van der Waals surface area contributed by atoms with E-state index in [0.29, 0.717) is 5.75 Å². The Balaban J connectivity index is 0.959. The van der Waals surface area contributed by atoms with Gasteiger partial charge >= 0.3 is 322 Å². The van der Waals surface area contributed by atoms with E-state index in [2.05, 4.69) is 374 Å². The SMILES string of the molecule is CC(C)(C)c1cc(-n2[c](=[Pt])n(-c3cccc(Oc4ccc5c(c4)N(c4cc(C(C)(C)C)ccn4)c4ccccc4C54c5cc(-c6ccccc6)ccc5N(c5ccccc5)c5ccc(-c6ccccc6)cc54)c3)c3ccc(-c4ccccc4)cc32)cc(C(C)(C)C)c1. The second kappa shape index (κ2) is 22.5. The molecule has 0 N–H and O–H groups in total. The van der Waals surface area contributed by atoms with Crippen molar-refractivity contribution in [1.82, 2.24) is 14.1 Å². The molecule has 0 aliphatic carbocycles. The van der Waals surface area contributed by atoms with E-state index in [0.717, 1.165) is 105 Å². The minimum atomic E-state index is -0.879. The van der Waals surface area contributed by atoms with E-state index in [-0.39, 0.29) is 16.2 Å². The Bertz CT molecular complexity index is 4920. The summed E-state index contributed by atoms with van der Waals surface area (Å²) in [6.45, 7) is 20.7. The summed E-state index contributed by atoms with van der Waals surface area (Å²) in [5, 5.41) is 0. The molecule has 2 aliphatic heterocycles. The first-order valence-corrected chi connectivity index (χ1v) is 33.0. The van der Waals surface area contributed by atoms with E-state index in [1.54, 1.807) is 0 Å². The third-order valence-corrected chi connectivity index (χ3v) is 19.7. The van der Waals surface area contributed by atoms with Crippen molar-refractivity contribution in [2.45, 2.75) is 84.0 Å². The monoisotopic (exact) mass is 1370 g/mol. The van der Waals surface area contributed by atoms with Crippen LogP contribution in [0, 0.1) is 3.80 Å². The fraction of sp³-hybridized carbons (Fsp3) is 0.153. The van der Waals surface area contributed by atoms with Crippen LogP contribution in [0.25, 0.3) is 55.8 Å². The molecule has 15 rings (SSSR count). The number of hydrogen-bond acceptors (Lipinski definition) is 4. The predicted octanol–water partition coefficient (Wildman–Crippen LogP) is 22.5. The summed E-state index contributed by atoms with van der Waals surface area (Å²) in [7, 11) is 0. The first-order valence-electron chi connectivity index (χ1n) is 31.9. The zero-order valence-electron chi connectivity index (χ0n) is 53.5. The third kappa shape index (κ3) is 10.1. The molecule has 7 heteroatoms. The van der Waals surface area contributed by atoms with Crippen molar-refractivity contribution in [1.29, 1.82) is 0 Å². The number of ether oxygens (including phenoxy) is 1. The Morgan fingerprint density at radius 2 is 0.815 bits per heavy atom. The van der Waals surface area contributed by atoms with Gasteiger partial charge in [0.2, 0.25) is 0 Å². The summed E-state index contributed by atoms with van der Waals surface area (Å²) in [6, 6.07) is 100. The molecule has 0 bridgehead atoms. The standard InChI is InChI=1S/C85H73N5O.Pt/c1-82(2,3)63-45-46-86-81(53-63)90-75-36-23-22-35-71(75)85(73-47-60(57-25-14-10-15-26-57)37-42-76(73)89(66-31-20-13-21-32-66)77-43-38-61(48-74(77)85)58-27-16-11-17-28-58)72-41-40-70(55-79(72)90)91-69-34-24-33-67(54-69)87-56-88(68-51-64(83(4,5)6)50-65(52-68)84(7,8)9)80-49-62(39-44-78(80)87)59-29-18-12-19-30-59;/h10-55H,1-9H3;. The molecule has 4 heterocycles. The topological polar surface area (TPSA) is 38.5 Å². The second-order valence-electron chi connectivity index (χ2n) is 27.7. The van der Waals surface area contributed by atoms with Crippen LogP contribution in [0.15, 0.2) is 279 Å². The maximum atomic E-state index is 7.35. The first-order chi connectivity index (χ1) is 44.4. The number of benzene rings is 11. The number of aromatic nitrogens is 3. The van der Waals surface area contributed by atoms with Gasteiger partial charge in [0.05, 0.1) is 11.4 Å². The van der Waals surface area contributed by atoms with Gasteiger partial charge in [0.25, 0.3) is 0 Å². The molecule has 0 saturated carbocycles. The molecular weight excluding hydrogens is 1300 g/mol. The zero-order valence-corrected chi connectivity index (χ0v) is 55.8. The molecular formula is C85H73N5OPt. The van der Waals surface area contributed by atoms with Crippen LogP contribution in [-0.2, 0) is 41.0 Å². The van der Waals surface area contributed by atoms with Crippen molar-refractivity contribution in [2.75, 3.05) is 9.80 Å². The van der Waals surface area contributed by atoms with Gasteiger partial charge in [-0.3, -0.25) is 0 Å². The first kappa shape index (κ1) is 58.5. The number of hydrogen-bond donors (Lipinski definition) is 0. The second-order valence-corrected chi connectivity index (χ2v) is 28.7. The molecule has 454 valence electrons. The van der Waals surface area contributed by atoms with Gasteiger partial charge in [-0.25, -0.2) is 0 Å². The molecule has 0 unspecified atom stereocenters. The van der Waals surface area contributed by atoms with Crippen LogP contribution in [0.2, 0.25) is 0 Å². The molecule has 2 aromatic heterocycles. The quantitative estimate of drug-likeness (QED) is 0.144. The Morgan fingerprint density at radius 1 is 0.326 bits per heavy atom. The van der Waals surface area contributed by atoms with Crippen molar-refractivity contribution < 1.29 is 24.1 Å². The number of pyridine rings is 1. The summed E-state index contributed by atoms with van der Waals surface area (Å²) >= 11 is 2.55. The van der Waals surface area contributed by atoms with E-state index in [1.807, 2.05) is 6.20 Å². The van der Waals surface area contributed by atoms with E-state index < -0.39 is 5.41 Å². The van der Waals surface area contributed by atoms with Gasteiger partial charge in [-0.15, -0.1) is 0 Å². The summed E-state index contributed by atoms with van der Waals surface area (Å²) in [6.07, 6.45) is 1.97. The van der Waals surface area contributed by atoms with Gasteiger partial charge in [-0.1, -0.05) is 130 Å². The van der Waals surface area contributed by atoms with Crippen LogP contribution in [-0.4, -0.2) is 14.1 Å². The van der Waals surface area contributed by atoms with Gasteiger partial charge in [-0.05, 0) is 75.7 Å². The van der Waals surface area contributed by atoms with E-state index in [4.69, 9.17) is 9.72 Å².